The van der Waals surface area contributed by atoms with Crippen molar-refractivity contribution in [1.29, 1.82) is 0 Å². The zero-order valence-electron chi connectivity index (χ0n) is 8.73. The molecule has 0 aromatic carbocycles. The molecule has 0 nitrogen and oxygen atoms in total. The number of hydrogen-bond acceptors (Lipinski definition) is 0. The minimum atomic E-state index is -1.96. The molecular weight excluding hydrogens is 231 g/mol. The highest BCUT2D eigenvalue weighted by Crippen LogP contribution is 2.68. The van der Waals surface area contributed by atoms with E-state index in [1.54, 1.807) is 0 Å². The van der Waals surface area contributed by atoms with Crippen molar-refractivity contribution in [3.8, 4) is 0 Å². The standard InChI is InChI=1S/C11H18Cl2Si/c1-14(12,13)11-5-8-2-9(6-11)4-10(3-8)7-11/h8-10H,2-7H2,1H3. The summed E-state index contributed by atoms with van der Waals surface area (Å²) in [6, 6.07) is 0. The molecule has 0 saturated heterocycles. The van der Waals surface area contributed by atoms with Crippen molar-refractivity contribution in [2.24, 2.45) is 17.8 Å². The quantitative estimate of drug-likeness (QED) is 0.474. The van der Waals surface area contributed by atoms with Gasteiger partial charge in [-0.3, -0.25) is 0 Å². The van der Waals surface area contributed by atoms with E-state index in [1.165, 1.54) is 38.5 Å². The lowest BCUT2D eigenvalue weighted by atomic mass is 9.56. The van der Waals surface area contributed by atoms with Crippen molar-refractivity contribution in [2.75, 3.05) is 0 Å². The van der Waals surface area contributed by atoms with Crippen molar-refractivity contribution in [2.45, 2.75) is 50.1 Å². The molecule has 3 heteroatoms. The predicted molar refractivity (Wildman–Crippen MR) is 64.2 cm³/mol. The second kappa shape index (κ2) is 2.92. The van der Waals surface area contributed by atoms with Crippen LogP contribution in [0.5, 0.6) is 0 Å². The highest BCUT2D eigenvalue weighted by atomic mass is 35.7. The highest BCUT2D eigenvalue weighted by Gasteiger charge is 2.59. The van der Waals surface area contributed by atoms with Gasteiger partial charge in [-0.1, -0.05) is 0 Å². The first-order valence-electron chi connectivity index (χ1n) is 5.86. The van der Waals surface area contributed by atoms with Crippen LogP contribution in [0, 0.1) is 17.8 Å². The molecule has 4 bridgehead atoms. The average molecular weight is 249 g/mol. The Morgan fingerprint density at radius 3 is 1.57 bits per heavy atom. The summed E-state index contributed by atoms with van der Waals surface area (Å²) in [5, 5.41) is 0.408. The van der Waals surface area contributed by atoms with E-state index in [1.807, 2.05) is 0 Å². The van der Waals surface area contributed by atoms with Crippen LogP contribution in [-0.2, 0) is 0 Å². The maximum absolute atomic E-state index is 6.56. The maximum Gasteiger partial charge on any atom is 0.254 e. The van der Waals surface area contributed by atoms with Gasteiger partial charge in [0.1, 0.15) is 0 Å². The van der Waals surface area contributed by atoms with Crippen LogP contribution < -0.4 is 0 Å². The minimum Gasteiger partial charge on any atom is -0.146 e. The SMILES string of the molecule is C[Si](Cl)(Cl)C12CC3CC(CC(C3)C1)C2. The van der Waals surface area contributed by atoms with Crippen LogP contribution in [0.25, 0.3) is 0 Å². The second-order valence-corrected chi connectivity index (χ2v) is 14.0. The first kappa shape index (κ1) is 9.98. The first-order valence-corrected chi connectivity index (χ1v) is 10.4. The van der Waals surface area contributed by atoms with Crippen molar-refractivity contribution in [3.05, 3.63) is 0 Å². The van der Waals surface area contributed by atoms with E-state index >= 15 is 0 Å². The van der Waals surface area contributed by atoms with Crippen molar-refractivity contribution in [3.63, 3.8) is 0 Å². The third-order valence-electron chi connectivity index (χ3n) is 4.97. The van der Waals surface area contributed by atoms with Gasteiger partial charge in [-0.25, -0.2) is 0 Å². The molecule has 0 amide bonds. The third kappa shape index (κ3) is 1.32. The van der Waals surface area contributed by atoms with Crippen LogP contribution in [0.3, 0.4) is 0 Å². The molecule has 0 heterocycles. The van der Waals surface area contributed by atoms with Crippen LogP contribution >= 0.6 is 22.2 Å². The number of rotatable bonds is 1. The van der Waals surface area contributed by atoms with Crippen molar-refractivity contribution < 1.29 is 0 Å². The van der Waals surface area contributed by atoms with E-state index < -0.39 is 6.69 Å². The molecule has 0 radical (unpaired) electrons. The average Bonchev–Trinajstić information content (AvgIpc) is 1.98. The zero-order valence-corrected chi connectivity index (χ0v) is 11.2. The Bertz CT molecular complexity index is 221. The molecule has 4 saturated carbocycles. The monoisotopic (exact) mass is 248 g/mol. The van der Waals surface area contributed by atoms with Gasteiger partial charge >= 0.3 is 0 Å². The van der Waals surface area contributed by atoms with Gasteiger partial charge in [-0.2, -0.15) is 0 Å². The van der Waals surface area contributed by atoms with Crippen LogP contribution in [0.1, 0.15) is 38.5 Å². The lowest BCUT2D eigenvalue weighted by Gasteiger charge is -2.59. The van der Waals surface area contributed by atoms with E-state index in [9.17, 15) is 0 Å². The number of halogens is 2. The van der Waals surface area contributed by atoms with E-state index in [0.29, 0.717) is 5.04 Å². The Morgan fingerprint density at radius 2 is 1.29 bits per heavy atom. The van der Waals surface area contributed by atoms with Gasteiger partial charge in [0.2, 0.25) is 0 Å². The molecular formula is C11H18Cl2Si. The van der Waals surface area contributed by atoms with Crippen molar-refractivity contribution >= 4 is 28.9 Å². The Labute approximate surface area is 96.8 Å². The lowest BCUT2D eigenvalue weighted by Crippen LogP contribution is -2.50. The molecule has 4 aliphatic carbocycles. The molecule has 4 rings (SSSR count). The Hall–Kier alpha value is 0.797. The van der Waals surface area contributed by atoms with Gasteiger partial charge in [-0.05, 0) is 67.9 Å². The maximum atomic E-state index is 6.56. The fourth-order valence-electron chi connectivity index (χ4n) is 4.65. The van der Waals surface area contributed by atoms with Gasteiger partial charge in [0, 0.05) is 0 Å². The lowest BCUT2D eigenvalue weighted by molar-refractivity contribution is 0.0273. The van der Waals surface area contributed by atoms with Gasteiger partial charge in [0.25, 0.3) is 6.69 Å². The molecule has 0 aliphatic heterocycles. The van der Waals surface area contributed by atoms with Crippen LogP contribution in [0.2, 0.25) is 11.6 Å². The van der Waals surface area contributed by atoms with E-state index in [0.717, 1.165) is 17.8 Å². The molecule has 80 valence electrons. The van der Waals surface area contributed by atoms with E-state index in [4.69, 9.17) is 22.2 Å². The molecule has 0 N–H and O–H groups in total. The molecule has 0 unspecified atom stereocenters. The Balaban J connectivity index is 1.95. The summed E-state index contributed by atoms with van der Waals surface area (Å²) >= 11 is 13.1. The normalized spacial score (nSPS) is 51.2. The van der Waals surface area contributed by atoms with Gasteiger partial charge < -0.3 is 0 Å². The van der Waals surface area contributed by atoms with Crippen LogP contribution in [0.15, 0.2) is 0 Å². The fourth-order valence-corrected chi connectivity index (χ4v) is 7.98. The summed E-state index contributed by atoms with van der Waals surface area (Å²) in [6.45, 7) is 0.192. The van der Waals surface area contributed by atoms with Crippen LogP contribution in [0.4, 0.5) is 0 Å². The van der Waals surface area contributed by atoms with Gasteiger partial charge in [-0.15, -0.1) is 22.2 Å². The smallest absolute Gasteiger partial charge is 0.146 e. The Kier molecular flexibility index (Phi) is 2.09. The van der Waals surface area contributed by atoms with E-state index in [2.05, 4.69) is 6.55 Å². The second-order valence-electron chi connectivity index (χ2n) is 6.09. The van der Waals surface area contributed by atoms with E-state index in [-0.39, 0.29) is 0 Å². The molecule has 0 atom stereocenters. The summed E-state index contributed by atoms with van der Waals surface area (Å²) < 4.78 is 0. The summed E-state index contributed by atoms with van der Waals surface area (Å²) in [6.07, 6.45) is 8.52. The Morgan fingerprint density at radius 1 is 0.929 bits per heavy atom. The molecule has 4 aliphatic rings. The summed E-state index contributed by atoms with van der Waals surface area (Å²) in [5.41, 5.74) is 0. The fraction of sp³-hybridized carbons (Fsp3) is 1.00. The van der Waals surface area contributed by atoms with Gasteiger partial charge in [0.05, 0.1) is 0 Å². The largest absolute Gasteiger partial charge is 0.254 e. The first-order chi connectivity index (χ1) is 6.48. The summed E-state index contributed by atoms with van der Waals surface area (Å²) in [5.74, 6) is 2.93. The van der Waals surface area contributed by atoms with Gasteiger partial charge in [0.15, 0.2) is 0 Å². The van der Waals surface area contributed by atoms with Crippen LogP contribution in [-0.4, -0.2) is 6.69 Å². The predicted octanol–water partition coefficient (Wildman–Crippen LogP) is 4.51. The third-order valence-corrected chi connectivity index (χ3v) is 9.85. The summed E-state index contributed by atoms with van der Waals surface area (Å²) in [7, 11) is 0. The topological polar surface area (TPSA) is 0 Å². The minimum absolute atomic E-state index is 0.408. The summed E-state index contributed by atoms with van der Waals surface area (Å²) in [4.78, 5) is 0. The molecule has 0 aromatic heterocycles. The highest BCUT2D eigenvalue weighted by molar-refractivity contribution is 7.46. The van der Waals surface area contributed by atoms with Crippen molar-refractivity contribution in [1.82, 2.24) is 0 Å². The zero-order chi connectivity index (χ0) is 9.97. The molecule has 0 aromatic rings. The number of hydrogen-bond donors (Lipinski definition) is 0. The molecule has 14 heavy (non-hydrogen) atoms. The molecule has 0 spiro atoms. The molecule has 4 fully saturated rings.